The molecule has 0 bridgehead atoms. The zero-order valence-corrected chi connectivity index (χ0v) is 18.3. The Kier molecular flexibility index (Phi) is 7.43. The second-order valence-electron chi connectivity index (χ2n) is 7.40. The van der Waals surface area contributed by atoms with Gasteiger partial charge in [0.05, 0.1) is 30.4 Å². The minimum absolute atomic E-state index is 0.0379. The minimum Gasteiger partial charge on any atom is -0.493 e. The summed E-state index contributed by atoms with van der Waals surface area (Å²) in [5, 5.41) is 0.534. The zero-order chi connectivity index (χ0) is 23.1. The molecule has 0 aliphatic heterocycles. The molecule has 2 N–H and O–H groups in total. The van der Waals surface area contributed by atoms with Crippen LogP contribution in [0.25, 0.3) is 10.9 Å². The second-order valence-corrected chi connectivity index (χ2v) is 7.40. The Bertz CT molecular complexity index is 1170. The summed E-state index contributed by atoms with van der Waals surface area (Å²) in [7, 11) is 1.49. The maximum atomic E-state index is 12.5. The molecule has 1 heterocycles. The van der Waals surface area contributed by atoms with Crippen molar-refractivity contribution in [2.24, 2.45) is 0 Å². The lowest BCUT2D eigenvalue weighted by molar-refractivity contribution is -0.122. The van der Waals surface area contributed by atoms with Crippen molar-refractivity contribution in [2.75, 3.05) is 7.11 Å². The highest BCUT2D eigenvalue weighted by Crippen LogP contribution is 2.28. The Morgan fingerprint density at radius 3 is 2.62 bits per heavy atom. The minimum atomic E-state index is -0.484. The number of aromatic nitrogens is 2. The van der Waals surface area contributed by atoms with Gasteiger partial charge < -0.3 is 9.47 Å². The van der Waals surface area contributed by atoms with Crippen molar-refractivity contribution in [3.63, 3.8) is 0 Å². The molecule has 0 fully saturated rings. The van der Waals surface area contributed by atoms with Crippen LogP contribution in [0.4, 0.5) is 0 Å². The third-order valence-corrected chi connectivity index (χ3v) is 4.64. The molecule has 9 nitrogen and oxygen atoms in total. The standard InChI is InChI=1S/C23H26N4O5/c1-15(2)32-19-11-10-16(13-20(19)31-3)22(29)26-25-21(28)9-6-12-27-14-24-18-8-5-4-7-17(18)23(27)30/h4-5,7-8,10-11,13-15H,6,9,12H2,1-3H3,(H,25,28)(H,26,29). The Balaban J connectivity index is 1.50. The van der Waals surface area contributed by atoms with E-state index in [9.17, 15) is 14.4 Å². The number of nitrogens with one attached hydrogen (secondary N) is 2. The van der Waals surface area contributed by atoms with Gasteiger partial charge in [-0.3, -0.25) is 29.8 Å². The first-order chi connectivity index (χ1) is 15.4. The molecule has 3 rings (SSSR count). The zero-order valence-electron chi connectivity index (χ0n) is 18.3. The first-order valence-corrected chi connectivity index (χ1v) is 10.3. The van der Waals surface area contributed by atoms with Gasteiger partial charge in [-0.2, -0.15) is 0 Å². The van der Waals surface area contributed by atoms with Crippen molar-refractivity contribution in [2.45, 2.75) is 39.3 Å². The third-order valence-electron chi connectivity index (χ3n) is 4.64. The van der Waals surface area contributed by atoms with Crippen LogP contribution in [-0.2, 0) is 11.3 Å². The highest BCUT2D eigenvalue weighted by atomic mass is 16.5. The van der Waals surface area contributed by atoms with Gasteiger partial charge in [-0.15, -0.1) is 0 Å². The fourth-order valence-corrected chi connectivity index (χ4v) is 3.10. The van der Waals surface area contributed by atoms with Crippen LogP contribution in [0.3, 0.4) is 0 Å². The molecule has 2 amide bonds. The maximum Gasteiger partial charge on any atom is 0.269 e. The number of hydrogen-bond donors (Lipinski definition) is 2. The Hall–Kier alpha value is -3.88. The van der Waals surface area contributed by atoms with Gasteiger partial charge in [0.15, 0.2) is 11.5 Å². The molecular weight excluding hydrogens is 412 g/mol. The summed E-state index contributed by atoms with van der Waals surface area (Å²) in [5.41, 5.74) is 5.56. The third kappa shape index (κ3) is 5.63. The van der Waals surface area contributed by atoms with E-state index in [4.69, 9.17) is 9.47 Å². The van der Waals surface area contributed by atoms with Gasteiger partial charge in [-0.05, 0) is 50.6 Å². The fourth-order valence-electron chi connectivity index (χ4n) is 3.10. The largest absolute Gasteiger partial charge is 0.493 e. The van der Waals surface area contributed by atoms with E-state index in [2.05, 4.69) is 15.8 Å². The van der Waals surface area contributed by atoms with Crippen molar-refractivity contribution < 1.29 is 19.1 Å². The number of fused-ring (bicyclic) bond motifs is 1. The van der Waals surface area contributed by atoms with Gasteiger partial charge in [0, 0.05) is 18.5 Å². The fraction of sp³-hybridized carbons (Fsp3) is 0.304. The first kappa shape index (κ1) is 22.8. The van der Waals surface area contributed by atoms with Crippen LogP contribution < -0.4 is 25.9 Å². The van der Waals surface area contributed by atoms with E-state index in [-0.39, 0.29) is 24.0 Å². The lowest BCUT2D eigenvalue weighted by Gasteiger charge is -2.14. The molecule has 0 aliphatic rings. The molecule has 9 heteroatoms. The van der Waals surface area contributed by atoms with E-state index in [1.54, 1.807) is 36.4 Å². The smallest absolute Gasteiger partial charge is 0.269 e. The Labute approximate surface area is 185 Å². The van der Waals surface area contributed by atoms with Gasteiger partial charge in [0.1, 0.15) is 0 Å². The number of rotatable bonds is 8. The molecule has 168 valence electrons. The molecule has 32 heavy (non-hydrogen) atoms. The molecule has 0 spiro atoms. The van der Waals surface area contributed by atoms with Crippen LogP contribution in [0.15, 0.2) is 53.6 Å². The van der Waals surface area contributed by atoms with Crippen LogP contribution in [-0.4, -0.2) is 34.6 Å². The average molecular weight is 438 g/mol. The van der Waals surface area contributed by atoms with Crippen molar-refractivity contribution in [1.82, 2.24) is 20.4 Å². The number of benzene rings is 2. The predicted molar refractivity (Wildman–Crippen MR) is 120 cm³/mol. The molecule has 2 aromatic carbocycles. The van der Waals surface area contributed by atoms with Gasteiger partial charge in [-0.25, -0.2) is 4.98 Å². The van der Waals surface area contributed by atoms with E-state index >= 15 is 0 Å². The summed E-state index contributed by atoms with van der Waals surface area (Å²) in [6, 6.07) is 11.9. The molecule has 3 aromatic rings. The number of para-hydroxylation sites is 1. The lowest BCUT2D eigenvalue weighted by atomic mass is 10.2. The Morgan fingerprint density at radius 1 is 1.09 bits per heavy atom. The number of hydrogen-bond acceptors (Lipinski definition) is 6. The van der Waals surface area contributed by atoms with E-state index < -0.39 is 5.91 Å². The quantitative estimate of drug-likeness (QED) is 0.523. The van der Waals surface area contributed by atoms with Crippen molar-refractivity contribution in [1.29, 1.82) is 0 Å². The summed E-state index contributed by atoms with van der Waals surface area (Å²) in [5.74, 6) is 0.100. The van der Waals surface area contributed by atoms with Crippen LogP contribution in [0, 0.1) is 0 Å². The van der Waals surface area contributed by atoms with Gasteiger partial charge in [0.25, 0.3) is 11.5 Å². The topological polar surface area (TPSA) is 112 Å². The summed E-state index contributed by atoms with van der Waals surface area (Å²) in [6.45, 7) is 4.12. The van der Waals surface area contributed by atoms with Gasteiger partial charge in [-0.1, -0.05) is 12.1 Å². The Morgan fingerprint density at radius 2 is 1.88 bits per heavy atom. The van der Waals surface area contributed by atoms with Crippen molar-refractivity contribution >= 4 is 22.7 Å². The molecule has 0 saturated heterocycles. The molecule has 0 atom stereocenters. The summed E-state index contributed by atoms with van der Waals surface area (Å²) < 4.78 is 12.4. The van der Waals surface area contributed by atoms with Gasteiger partial charge >= 0.3 is 0 Å². The molecule has 1 aromatic heterocycles. The number of methoxy groups -OCH3 is 1. The number of ether oxygens (including phenoxy) is 2. The average Bonchev–Trinajstić information content (AvgIpc) is 2.79. The van der Waals surface area contributed by atoms with E-state index in [0.29, 0.717) is 40.9 Å². The monoisotopic (exact) mass is 438 g/mol. The summed E-state index contributed by atoms with van der Waals surface area (Å²) >= 11 is 0. The molecule has 0 radical (unpaired) electrons. The number of carbonyl (C=O) groups excluding carboxylic acids is 2. The maximum absolute atomic E-state index is 12.5. The highest BCUT2D eigenvalue weighted by Gasteiger charge is 2.13. The number of amides is 2. The van der Waals surface area contributed by atoms with Crippen LogP contribution in [0.5, 0.6) is 11.5 Å². The molecule has 0 unspecified atom stereocenters. The molecule has 0 aliphatic carbocycles. The molecule has 0 saturated carbocycles. The number of hydrazine groups is 1. The van der Waals surface area contributed by atoms with E-state index in [1.807, 2.05) is 19.9 Å². The lowest BCUT2D eigenvalue weighted by Crippen LogP contribution is -2.41. The van der Waals surface area contributed by atoms with Crippen LogP contribution in [0.1, 0.15) is 37.0 Å². The number of aryl methyl sites for hydroxylation is 1. The SMILES string of the molecule is COc1cc(C(=O)NNC(=O)CCCn2cnc3ccccc3c2=O)ccc1OC(C)C. The van der Waals surface area contributed by atoms with Crippen LogP contribution in [0.2, 0.25) is 0 Å². The number of nitrogens with zero attached hydrogens (tertiary/aromatic N) is 2. The van der Waals surface area contributed by atoms with Crippen molar-refractivity contribution in [3.05, 3.63) is 64.7 Å². The first-order valence-electron chi connectivity index (χ1n) is 10.3. The predicted octanol–water partition coefficient (Wildman–Crippen LogP) is 2.43. The van der Waals surface area contributed by atoms with E-state index in [0.717, 1.165) is 0 Å². The second kappa shape index (κ2) is 10.4. The number of carbonyl (C=O) groups is 2. The van der Waals surface area contributed by atoms with Gasteiger partial charge in [0.2, 0.25) is 5.91 Å². The summed E-state index contributed by atoms with van der Waals surface area (Å²) in [4.78, 5) is 41.1. The van der Waals surface area contributed by atoms with Crippen molar-refractivity contribution in [3.8, 4) is 11.5 Å². The normalized spacial score (nSPS) is 10.8. The summed E-state index contributed by atoms with van der Waals surface area (Å²) in [6.07, 6.45) is 1.98. The highest BCUT2D eigenvalue weighted by molar-refractivity contribution is 5.96. The van der Waals surface area contributed by atoms with E-state index in [1.165, 1.54) is 18.0 Å². The van der Waals surface area contributed by atoms with Crippen LogP contribution >= 0.6 is 0 Å². The molecular formula is C23H26N4O5.